The van der Waals surface area contributed by atoms with Gasteiger partial charge in [-0.3, -0.25) is 4.98 Å². The van der Waals surface area contributed by atoms with Crippen molar-refractivity contribution in [2.24, 2.45) is 5.92 Å². The topological polar surface area (TPSA) is 50.2 Å². The smallest absolute Gasteiger partial charge is 0.337 e. The molecule has 0 aliphatic heterocycles. The van der Waals surface area contributed by atoms with Gasteiger partial charge in [0.1, 0.15) is 0 Å². The van der Waals surface area contributed by atoms with Crippen molar-refractivity contribution >= 4 is 5.97 Å². The number of pyridine rings is 1. The Bertz CT molecular complexity index is 308. The highest BCUT2D eigenvalue weighted by Crippen LogP contribution is 2.10. The van der Waals surface area contributed by atoms with Crippen molar-refractivity contribution in [3.05, 3.63) is 29.6 Å². The van der Waals surface area contributed by atoms with E-state index in [-0.39, 0.29) is 0 Å². The number of carboxylic acid groups (broad SMARTS) is 1. The van der Waals surface area contributed by atoms with Gasteiger partial charge in [0.2, 0.25) is 0 Å². The monoisotopic (exact) mass is 179 g/mol. The number of nitrogens with zero attached hydrogens (tertiary/aromatic N) is 1. The minimum Gasteiger partial charge on any atom is -0.478 e. The lowest BCUT2D eigenvalue weighted by Crippen LogP contribution is -2.07. The minimum absolute atomic E-state index is 0.316. The Balaban J connectivity index is 2.98. The Labute approximate surface area is 77.4 Å². The number of hydrogen-bond acceptors (Lipinski definition) is 2. The third-order valence-corrected chi connectivity index (χ3v) is 1.72. The van der Waals surface area contributed by atoms with Crippen molar-refractivity contribution in [3.8, 4) is 0 Å². The molecule has 0 saturated carbocycles. The Hall–Kier alpha value is -1.38. The van der Waals surface area contributed by atoms with Crippen LogP contribution in [0.25, 0.3) is 0 Å². The molecule has 0 atom stereocenters. The van der Waals surface area contributed by atoms with E-state index in [4.69, 9.17) is 5.11 Å². The van der Waals surface area contributed by atoms with E-state index in [1.807, 2.05) is 13.8 Å². The van der Waals surface area contributed by atoms with Crippen LogP contribution in [0.1, 0.15) is 29.9 Å². The molecule has 13 heavy (non-hydrogen) atoms. The van der Waals surface area contributed by atoms with Crippen LogP contribution in [-0.2, 0) is 6.42 Å². The third-order valence-electron chi connectivity index (χ3n) is 1.72. The van der Waals surface area contributed by atoms with Crippen LogP contribution in [0.4, 0.5) is 0 Å². The zero-order valence-corrected chi connectivity index (χ0v) is 7.82. The fraction of sp³-hybridized carbons (Fsp3) is 0.400. The molecule has 1 aromatic heterocycles. The molecule has 0 aliphatic rings. The van der Waals surface area contributed by atoms with Gasteiger partial charge >= 0.3 is 5.97 Å². The third kappa shape index (κ3) is 2.54. The summed E-state index contributed by atoms with van der Waals surface area (Å²) in [5.41, 5.74) is 0.987. The summed E-state index contributed by atoms with van der Waals surface area (Å²) < 4.78 is 0. The first-order chi connectivity index (χ1) is 6.11. The molecule has 1 heterocycles. The summed E-state index contributed by atoms with van der Waals surface area (Å²) in [6.07, 6.45) is 2.34. The second-order valence-electron chi connectivity index (χ2n) is 3.40. The second-order valence-corrected chi connectivity index (χ2v) is 3.40. The van der Waals surface area contributed by atoms with Crippen LogP contribution in [0.5, 0.6) is 0 Å². The molecule has 0 saturated heterocycles. The van der Waals surface area contributed by atoms with Crippen LogP contribution in [0, 0.1) is 5.92 Å². The fourth-order valence-corrected chi connectivity index (χ4v) is 1.18. The van der Waals surface area contributed by atoms with Crippen LogP contribution in [0.3, 0.4) is 0 Å². The maximum absolute atomic E-state index is 10.8. The van der Waals surface area contributed by atoms with Crippen molar-refractivity contribution in [2.75, 3.05) is 0 Å². The zero-order valence-electron chi connectivity index (χ0n) is 7.82. The molecule has 1 aromatic rings. The van der Waals surface area contributed by atoms with E-state index in [2.05, 4.69) is 4.98 Å². The van der Waals surface area contributed by atoms with Crippen LogP contribution < -0.4 is 0 Å². The number of carbonyl (C=O) groups is 1. The van der Waals surface area contributed by atoms with Gasteiger partial charge in [-0.2, -0.15) is 0 Å². The minimum atomic E-state index is -0.899. The van der Waals surface area contributed by atoms with Crippen LogP contribution in [-0.4, -0.2) is 16.1 Å². The maximum atomic E-state index is 10.8. The summed E-state index contributed by atoms with van der Waals surface area (Å²) in [6.45, 7) is 4.08. The van der Waals surface area contributed by atoms with Gasteiger partial charge in [-0.1, -0.05) is 13.8 Å². The van der Waals surface area contributed by atoms with Crippen molar-refractivity contribution in [2.45, 2.75) is 20.3 Å². The largest absolute Gasteiger partial charge is 0.478 e. The first-order valence-electron chi connectivity index (χ1n) is 4.28. The van der Waals surface area contributed by atoms with Crippen LogP contribution in [0.15, 0.2) is 18.3 Å². The van der Waals surface area contributed by atoms with Crippen molar-refractivity contribution < 1.29 is 9.90 Å². The maximum Gasteiger partial charge on any atom is 0.337 e. The predicted molar refractivity (Wildman–Crippen MR) is 49.7 cm³/mol. The van der Waals surface area contributed by atoms with E-state index in [1.54, 1.807) is 18.3 Å². The zero-order chi connectivity index (χ0) is 9.84. The van der Waals surface area contributed by atoms with Crippen molar-refractivity contribution in [1.29, 1.82) is 0 Å². The molecule has 0 unspecified atom stereocenters. The van der Waals surface area contributed by atoms with Crippen LogP contribution in [0.2, 0.25) is 0 Å². The van der Waals surface area contributed by atoms with E-state index in [9.17, 15) is 4.79 Å². The SMILES string of the molecule is CC(C)Cc1ncccc1C(=O)O. The molecule has 70 valence electrons. The summed E-state index contributed by atoms with van der Waals surface area (Å²) in [6, 6.07) is 3.24. The van der Waals surface area contributed by atoms with Gasteiger partial charge in [-0.15, -0.1) is 0 Å². The molecular formula is C10H13NO2. The van der Waals surface area contributed by atoms with Gasteiger partial charge in [0, 0.05) is 6.20 Å². The van der Waals surface area contributed by atoms with Gasteiger partial charge in [-0.25, -0.2) is 4.79 Å². The first-order valence-corrected chi connectivity index (χ1v) is 4.28. The standard InChI is InChI=1S/C10H13NO2/c1-7(2)6-9-8(10(12)13)4-3-5-11-9/h3-5,7H,6H2,1-2H3,(H,12,13). The molecule has 0 aromatic carbocycles. The quantitative estimate of drug-likeness (QED) is 0.771. The molecule has 0 fully saturated rings. The molecule has 0 spiro atoms. The van der Waals surface area contributed by atoms with E-state index >= 15 is 0 Å². The number of carboxylic acids is 1. The highest BCUT2D eigenvalue weighted by atomic mass is 16.4. The van der Waals surface area contributed by atoms with Crippen molar-refractivity contribution in [1.82, 2.24) is 4.98 Å². The number of hydrogen-bond donors (Lipinski definition) is 1. The number of aromatic carboxylic acids is 1. The summed E-state index contributed by atoms with van der Waals surface area (Å²) in [4.78, 5) is 14.8. The first kappa shape index (κ1) is 9.71. The van der Waals surface area contributed by atoms with E-state index in [0.717, 1.165) is 0 Å². The van der Waals surface area contributed by atoms with Crippen LogP contribution >= 0.6 is 0 Å². The Morgan fingerprint density at radius 1 is 1.62 bits per heavy atom. The van der Waals surface area contributed by atoms with Gasteiger partial charge in [0.15, 0.2) is 0 Å². The highest BCUT2D eigenvalue weighted by Gasteiger charge is 2.10. The van der Waals surface area contributed by atoms with E-state index < -0.39 is 5.97 Å². The molecule has 1 N–H and O–H groups in total. The summed E-state index contributed by atoms with van der Waals surface area (Å²) in [5, 5.41) is 8.84. The summed E-state index contributed by atoms with van der Waals surface area (Å²) in [7, 11) is 0. The normalized spacial score (nSPS) is 10.4. The highest BCUT2D eigenvalue weighted by molar-refractivity contribution is 5.88. The van der Waals surface area contributed by atoms with Crippen molar-refractivity contribution in [3.63, 3.8) is 0 Å². The molecule has 0 radical (unpaired) electrons. The van der Waals surface area contributed by atoms with Gasteiger partial charge in [0.25, 0.3) is 0 Å². The molecular weight excluding hydrogens is 166 g/mol. The van der Waals surface area contributed by atoms with Gasteiger partial charge in [-0.05, 0) is 24.5 Å². The average molecular weight is 179 g/mol. The average Bonchev–Trinajstić information content (AvgIpc) is 2.03. The summed E-state index contributed by atoms with van der Waals surface area (Å²) in [5.74, 6) is -0.475. The van der Waals surface area contributed by atoms with E-state index in [0.29, 0.717) is 23.6 Å². The lowest BCUT2D eigenvalue weighted by molar-refractivity contribution is 0.0695. The molecule has 3 nitrogen and oxygen atoms in total. The number of aromatic nitrogens is 1. The Morgan fingerprint density at radius 2 is 2.31 bits per heavy atom. The summed E-state index contributed by atoms with van der Waals surface area (Å²) >= 11 is 0. The lowest BCUT2D eigenvalue weighted by Gasteiger charge is -2.06. The lowest BCUT2D eigenvalue weighted by atomic mass is 10.0. The predicted octanol–water partition coefficient (Wildman–Crippen LogP) is 1.98. The molecule has 3 heteroatoms. The Morgan fingerprint density at radius 3 is 2.85 bits per heavy atom. The molecule has 0 bridgehead atoms. The number of rotatable bonds is 3. The molecule has 1 rings (SSSR count). The second kappa shape index (κ2) is 4.03. The van der Waals surface area contributed by atoms with E-state index in [1.165, 1.54) is 0 Å². The molecule has 0 amide bonds. The Kier molecular flexibility index (Phi) is 3.01. The fourth-order valence-electron chi connectivity index (χ4n) is 1.18. The molecule has 0 aliphatic carbocycles. The van der Waals surface area contributed by atoms with Gasteiger partial charge in [0.05, 0.1) is 11.3 Å². The van der Waals surface area contributed by atoms with Gasteiger partial charge < -0.3 is 5.11 Å².